The third-order valence-electron chi connectivity index (χ3n) is 0.394. The maximum atomic E-state index is 10.1. The van der Waals surface area contributed by atoms with Gasteiger partial charge in [-0.2, -0.15) is 8.42 Å². The van der Waals surface area contributed by atoms with Crippen LogP contribution in [-0.2, 0) is 18.8 Å². The van der Waals surface area contributed by atoms with Crippen molar-refractivity contribution in [3.8, 4) is 0 Å². The lowest BCUT2D eigenvalue weighted by atomic mass is 11.6. The van der Waals surface area contributed by atoms with Gasteiger partial charge in [-0.3, -0.25) is 0 Å². The molecule has 0 aliphatic heterocycles. The molecule has 0 unspecified atom stereocenters. The quantitative estimate of drug-likeness (QED) is 0.467. The molecule has 0 spiro atoms. The minimum absolute atomic E-state index is 0.998. The van der Waals surface area contributed by atoms with Crippen LogP contribution in [0.1, 0.15) is 0 Å². The van der Waals surface area contributed by atoms with Crippen LogP contribution in [0.5, 0.6) is 0 Å². The summed E-state index contributed by atoms with van der Waals surface area (Å²) in [5.74, 6) is 0. The van der Waals surface area contributed by atoms with E-state index in [-0.39, 0.29) is 0 Å². The predicted octanol–water partition coefficient (Wildman–Crippen LogP) is -1.84. The summed E-state index contributed by atoms with van der Waals surface area (Å²) >= 11 is 0. The van der Waals surface area contributed by atoms with E-state index < -0.39 is 24.0 Å². The molecule has 0 rings (SSSR count). The van der Waals surface area contributed by atoms with Crippen molar-refractivity contribution in [2.24, 2.45) is 0 Å². The molecular formula is C2H6O6S. The van der Waals surface area contributed by atoms with Crippen molar-refractivity contribution in [1.29, 1.82) is 0 Å². The Morgan fingerprint density at radius 2 is 1.44 bits per heavy atom. The molecule has 0 saturated carbocycles. The van der Waals surface area contributed by atoms with Gasteiger partial charge in [-0.15, -0.1) is 0 Å². The van der Waals surface area contributed by atoms with Gasteiger partial charge in [0.15, 0.2) is 13.6 Å². The lowest BCUT2D eigenvalue weighted by Crippen LogP contribution is -2.11. The number of hydrogen-bond donors (Lipinski definition) is 2. The van der Waals surface area contributed by atoms with E-state index in [4.69, 9.17) is 10.2 Å². The van der Waals surface area contributed by atoms with Crippen LogP contribution < -0.4 is 0 Å². The molecule has 0 radical (unpaired) electrons. The third kappa shape index (κ3) is 4.30. The Morgan fingerprint density at radius 1 is 1.11 bits per heavy atom. The summed E-state index contributed by atoms with van der Waals surface area (Å²) in [5, 5.41) is 15.7. The zero-order valence-corrected chi connectivity index (χ0v) is 5.17. The summed E-state index contributed by atoms with van der Waals surface area (Å²) < 4.78 is 27.4. The molecule has 0 saturated heterocycles. The Hall–Kier alpha value is -0.210. The van der Waals surface area contributed by atoms with E-state index in [1.165, 1.54) is 0 Å². The van der Waals surface area contributed by atoms with Crippen molar-refractivity contribution in [2.45, 2.75) is 0 Å². The van der Waals surface area contributed by atoms with Gasteiger partial charge in [-0.1, -0.05) is 0 Å². The SMILES string of the molecule is O=S(=O)(OCO)OCO. The molecule has 2 N–H and O–H groups in total. The van der Waals surface area contributed by atoms with Crippen molar-refractivity contribution >= 4 is 10.4 Å². The van der Waals surface area contributed by atoms with Gasteiger partial charge < -0.3 is 10.2 Å². The molecule has 0 heterocycles. The van der Waals surface area contributed by atoms with Crippen LogP contribution in [0.4, 0.5) is 0 Å². The lowest BCUT2D eigenvalue weighted by Gasteiger charge is -1.97. The largest absolute Gasteiger partial charge is 0.404 e. The molecule has 0 fully saturated rings. The fourth-order valence-corrected chi connectivity index (χ4v) is 0.489. The summed E-state index contributed by atoms with van der Waals surface area (Å²) in [5.41, 5.74) is 0. The highest BCUT2D eigenvalue weighted by atomic mass is 32.3. The van der Waals surface area contributed by atoms with E-state index in [2.05, 4.69) is 8.37 Å². The fourth-order valence-electron chi connectivity index (χ4n) is 0.163. The second-order valence-electron chi connectivity index (χ2n) is 0.902. The minimum Gasteiger partial charge on any atom is -0.369 e. The zero-order chi connectivity index (χ0) is 7.33. The monoisotopic (exact) mass is 158 g/mol. The number of aliphatic hydroxyl groups excluding tert-OH is 2. The van der Waals surface area contributed by atoms with Crippen molar-refractivity contribution in [3.63, 3.8) is 0 Å². The maximum absolute atomic E-state index is 10.1. The van der Waals surface area contributed by atoms with Gasteiger partial charge >= 0.3 is 10.4 Å². The normalized spacial score (nSPS) is 11.8. The molecule has 56 valence electrons. The Balaban J connectivity index is 3.73. The average molecular weight is 158 g/mol. The van der Waals surface area contributed by atoms with E-state index in [1.807, 2.05) is 0 Å². The van der Waals surface area contributed by atoms with Crippen molar-refractivity contribution in [3.05, 3.63) is 0 Å². The Kier molecular flexibility index (Phi) is 3.66. The van der Waals surface area contributed by atoms with Crippen molar-refractivity contribution < 1.29 is 27.0 Å². The maximum Gasteiger partial charge on any atom is 0.404 e. The highest BCUT2D eigenvalue weighted by molar-refractivity contribution is 7.81. The van der Waals surface area contributed by atoms with Gasteiger partial charge in [-0.25, -0.2) is 8.37 Å². The summed E-state index contributed by atoms with van der Waals surface area (Å²) in [6.45, 7) is -2.00. The standard InChI is InChI=1S/C2H6O6S/c3-1-7-9(5,6)8-2-4/h3-4H,1-2H2. The van der Waals surface area contributed by atoms with E-state index in [1.54, 1.807) is 0 Å². The van der Waals surface area contributed by atoms with Crippen LogP contribution in [-0.4, -0.2) is 32.2 Å². The van der Waals surface area contributed by atoms with E-state index in [0.717, 1.165) is 0 Å². The molecule has 6 nitrogen and oxygen atoms in total. The molecule has 0 aliphatic rings. The van der Waals surface area contributed by atoms with Crippen LogP contribution in [0, 0.1) is 0 Å². The van der Waals surface area contributed by atoms with Gasteiger partial charge in [0.05, 0.1) is 0 Å². The van der Waals surface area contributed by atoms with Gasteiger partial charge in [0.25, 0.3) is 0 Å². The van der Waals surface area contributed by atoms with E-state index in [0.29, 0.717) is 0 Å². The number of aliphatic hydroxyl groups is 2. The average Bonchev–Trinajstić information content (AvgIpc) is 1.64. The molecule has 0 bridgehead atoms. The summed E-state index contributed by atoms with van der Waals surface area (Å²) in [6, 6.07) is 0. The molecule has 0 aromatic rings. The van der Waals surface area contributed by atoms with Gasteiger partial charge in [-0.05, 0) is 0 Å². The van der Waals surface area contributed by atoms with Gasteiger partial charge in [0.2, 0.25) is 0 Å². The van der Waals surface area contributed by atoms with E-state index >= 15 is 0 Å². The topological polar surface area (TPSA) is 93.1 Å². The van der Waals surface area contributed by atoms with Crippen molar-refractivity contribution in [2.75, 3.05) is 13.6 Å². The molecule has 9 heavy (non-hydrogen) atoms. The van der Waals surface area contributed by atoms with Crippen LogP contribution in [0.25, 0.3) is 0 Å². The zero-order valence-electron chi connectivity index (χ0n) is 4.35. The molecule has 0 amide bonds. The molecule has 7 heteroatoms. The lowest BCUT2D eigenvalue weighted by molar-refractivity contribution is 0.0477. The first-order valence-electron chi connectivity index (χ1n) is 1.88. The van der Waals surface area contributed by atoms with Gasteiger partial charge in [0.1, 0.15) is 0 Å². The summed E-state index contributed by atoms with van der Waals surface area (Å²) in [6.07, 6.45) is 0. The van der Waals surface area contributed by atoms with E-state index in [9.17, 15) is 8.42 Å². The highest BCUT2D eigenvalue weighted by Crippen LogP contribution is 1.91. The third-order valence-corrected chi connectivity index (χ3v) is 1.18. The first kappa shape index (κ1) is 8.79. The predicted molar refractivity (Wildman–Crippen MR) is 25.3 cm³/mol. The second-order valence-corrected chi connectivity index (χ2v) is 2.19. The Bertz CT molecular complexity index is 134. The highest BCUT2D eigenvalue weighted by Gasteiger charge is 2.08. The van der Waals surface area contributed by atoms with Crippen LogP contribution >= 0.6 is 0 Å². The first-order valence-corrected chi connectivity index (χ1v) is 3.21. The number of rotatable bonds is 4. The summed E-state index contributed by atoms with van der Waals surface area (Å²) in [7, 11) is -4.18. The van der Waals surface area contributed by atoms with Crippen LogP contribution in [0.15, 0.2) is 0 Å². The molecular weight excluding hydrogens is 152 g/mol. The molecule has 0 atom stereocenters. The van der Waals surface area contributed by atoms with Crippen LogP contribution in [0.3, 0.4) is 0 Å². The van der Waals surface area contributed by atoms with Gasteiger partial charge in [0, 0.05) is 0 Å². The number of hydrogen-bond acceptors (Lipinski definition) is 6. The smallest absolute Gasteiger partial charge is 0.369 e. The Labute approximate surface area is 52.0 Å². The minimum atomic E-state index is -4.18. The first-order chi connectivity index (χ1) is 4.12. The molecule has 0 aromatic carbocycles. The summed E-state index contributed by atoms with van der Waals surface area (Å²) in [4.78, 5) is 0. The molecule has 0 aromatic heterocycles. The second kappa shape index (κ2) is 3.75. The Morgan fingerprint density at radius 3 is 1.67 bits per heavy atom. The van der Waals surface area contributed by atoms with Crippen LogP contribution in [0.2, 0.25) is 0 Å². The van der Waals surface area contributed by atoms with Crippen molar-refractivity contribution in [1.82, 2.24) is 0 Å². The fraction of sp³-hybridized carbons (Fsp3) is 1.00. The molecule has 0 aliphatic carbocycles.